The second kappa shape index (κ2) is 12.6. The number of nitrogens with one attached hydrogen (secondary N) is 1. The molecule has 0 unspecified atom stereocenters. The minimum atomic E-state index is -0.806. The van der Waals surface area contributed by atoms with Gasteiger partial charge in [-0.3, -0.25) is 29.8 Å². The van der Waals surface area contributed by atoms with Crippen LogP contribution in [0.2, 0.25) is 0 Å². The summed E-state index contributed by atoms with van der Waals surface area (Å²) in [7, 11) is 0. The molecule has 0 radical (unpaired) electrons. The van der Waals surface area contributed by atoms with Crippen molar-refractivity contribution in [1.82, 2.24) is 5.32 Å². The van der Waals surface area contributed by atoms with Crippen LogP contribution in [0.5, 0.6) is 0 Å². The van der Waals surface area contributed by atoms with Crippen LogP contribution in [0.3, 0.4) is 0 Å². The second-order valence-electron chi connectivity index (χ2n) is 6.02. The van der Waals surface area contributed by atoms with E-state index in [2.05, 4.69) is 12.2 Å². The van der Waals surface area contributed by atoms with Crippen molar-refractivity contribution in [3.8, 4) is 0 Å². The Morgan fingerprint density at radius 3 is 2.14 bits per heavy atom. The molecule has 1 N–H and O–H groups in total. The van der Waals surface area contributed by atoms with E-state index in [1.807, 2.05) is 0 Å². The number of carbonyl (C=O) groups is 2. The molecule has 10 heteroatoms. The average Bonchev–Trinajstić information content (AvgIpc) is 2.66. The van der Waals surface area contributed by atoms with Crippen molar-refractivity contribution in [3.05, 3.63) is 55.5 Å². The molecule has 0 aromatic heterocycles. The summed E-state index contributed by atoms with van der Waals surface area (Å²) in [6, 6.07) is 2.72. The highest BCUT2D eigenvalue weighted by Gasteiger charge is 2.19. The molecule has 0 aliphatic carbocycles. The topological polar surface area (TPSA) is 132 Å². The lowest BCUT2D eigenvalue weighted by molar-refractivity contribution is -0.394. The number of benzene rings is 1. The summed E-state index contributed by atoms with van der Waals surface area (Å²) in [5.74, 6) is -0.348. The van der Waals surface area contributed by atoms with Gasteiger partial charge < -0.3 is 5.32 Å². The summed E-state index contributed by atoms with van der Waals surface area (Å²) < 4.78 is 0. The minimum absolute atomic E-state index is 0.178. The zero-order valence-corrected chi connectivity index (χ0v) is 16.4. The Morgan fingerprint density at radius 2 is 1.57 bits per heavy atom. The Morgan fingerprint density at radius 1 is 1.00 bits per heavy atom. The maximum Gasteiger partial charge on any atom is 0.277 e. The highest BCUT2D eigenvalue weighted by atomic mass is 32.2. The van der Waals surface area contributed by atoms with Crippen molar-refractivity contribution in [2.24, 2.45) is 0 Å². The smallest absolute Gasteiger partial charge is 0.277 e. The first-order valence-electron chi connectivity index (χ1n) is 8.94. The molecular weight excluding hydrogens is 386 g/mol. The Hall–Kier alpha value is -2.75. The summed E-state index contributed by atoms with van der Waals surface area (Å²) in [6.07, 6.45) is 7.84. The quantitative estimate of drug-likeness (QED) is 0.234. The number of nitro benzene ring substituents is 2. The van der Waals surface area contributed by atoms with Crippen LogP contribution in [0.25, 0.3) is 0 Å². The maximum absolute atomic E-state index is 12.1. The molecule has 1 amide bonds. The SMILES string of the molecule is CCCCCCCCNC(=O)C=CSC(=O)c1cc([N+](=O)[O-])cc([N+](=O)[O-])c1. The maximum atomic E-state index is 12.1. The number of amides is 1. The molecular formula is C18H23N3O6S. The first kappa shape index (κ1) is 23.3. The van der Waals surface area contributed by atoms with Gasteiger partial charge in [0.2, 0.25) is 11.0 Å². The number of hydrogen-bond acceptors (Lipinski definition) is 7. The van der Waals surface area contributed by atoms with Gasteiger partial charge in [-0.2, -0.15) is 0 Å². The molecule has 0 aliphatic rings. The van der Waals surface area contributed by atoms with Crippen LogP contribution in [-0.2, 0) is 4.79 Å². The van der Waals surface area contributed by atoms with Crippen molar-refractivity contribution in [2.45, 2.75) is 45.4 Å². The molecule has 9 nitrogen and oxygen atoms in total. The average molecular weight is 409 g/mol. The number of rotatable bonds is 12. The molecule has 0 heterocycles. The lowest BCUT2D eigenvalue weighted by atomic mass is 10.1. The monoisotopic (exact) mass is 409 g/mol. The molecule has 1 rings (SSSR count). The third-order valence-corrected chi connectivity index (χ3v) is 4.51. The second-order valence-corrected chi connectivity index (χ2v) is 6.90. The summed E-state index contributed by atoms with van der Waals surface area (Å²) in [5.41, 5.74) is -1.26. The van der Waals surface area contributed by atoms with Gasteiger partial charge >= 0.3 is 0 Å². The minimum Gasteiger partial charge on any atom is -0.353 e. The van der Waals surface area contributed by atoms with E-state index >= 15 is 0 Å². The van der Waals surface area contributed by atoms with Crippen molar-refractivity contribution in [3.63, 3.8) is 0 Å². The number of hydrogen-bond donors (Lipinski definition) is 1. The fraction of sp³-hybridized carbons (Fsp3) is 0.444. The van der Waals surface area contributed by atoms with E-state index < -0.39 is 26.3 Å². The third-order valence-electron chi connectivity index (χ3n) is 3.78. The van der Waals surface area contributed by atoms with Crippen LogP contribution in [0, 0.1) is 20.2 Å². The molecule has 0 saturated carbocycles. The molecule has 0 aliphatic heterocycles. The zero-order valence-electron chi connectivity index (χ0n) is 15.6. The number of nitro groups is 2. The first-order chi connectivity index (χ1) is 13.3. The molecule has 0 fully saturated rings. The van der Waals surface area contributed by atoms with E-state index in [9.17, 15) is 29.8 Å². The summed E-state index contributed by atoms with van der Waals surface area (Å²) in [5, 5.41) is 25.0. The molecule has 0 bridgehead atoms. The molecule has 1 aromatic rings. The highest BCUT2D eigenvalue weighted by molar-refractivity contribution is 8.16. The van der Waals surface area contributed by atoms with Gasteiger partial charge in [-0.1, -0.05) is 50.8 Å². The van der Waals surface area contributed by atoms with E-state index in [4.69, 9.17) is 0 Å². The van der Waals surface area contributed by atoms with Gasteiger partial charge in [-0.25, -0.2) is 0 Å². The van der Waals surface area contributed by atoms with E-state index in [0.717, 1.165) is 37.5 Å². The van der Waals surface area contributed by atoms with Gasteiger partial charge in [0.15, 0.2) is 0 Å². The largest absolute Gasteiger partial charge is 0.353 e. The summed E-state index contributed by atoms with van der Waals surface area (Å²) in [6.45, 7) is 2.70. The molecule has 0 atom stereocenters. The number of non-ortho nitro benzene ring substituents is 2. The molecule has 1 aromatic carbocycles. The van der Waals surface area contributed by atoms with Gasteiger partial charge in [-0.15, -0.1) is 0 Å². The van der Waals surface area contributed by atoms with Crippen molar-refractivity contribution < 1.29 is 19.4 Å². The first-order valence-corrected chi connectivity index (χ1v) is 9.82. The van der Waals surface area contributed by atoms with Crippen molar-refractivity contribution in [2.75, 3.05) is 6.54 Å². The van der Waals surface area contributed by atoms with Gasteiger partial charge in [0.1, 0.15) is 0 Å². The van der Waals surface area contributed by atoms with Gasteiger partial charge in [-0.05, 0) is 11.8 Å². The predicted molar refractivity (Wildman–Crippen MR) is 107 cm³/mol. The summed E-state index contributed by atoms with van der Waals surface area (Å²) in [4.78, 5) is 43.9. The normalized spacial score (nSPS) is 10.8. The predicted octanol–water partition coefficient (Wildman–Crippen LogP) is 4.37. The van der Waals surface area contributed by atoms with E-state index in [1.165, 1.54) is 30.7 Å². The molecule has 0 spiro atoms. The lowest BCUT2D eigenvalue weighted by Gasteiger charge is -2.02. The van der Waals surface area contributed by atoms with Crippen molar-refractivity contribution >= 4 is 34.2 Å². The van der Waals surface area contributed by atoms with E-state index in [0.29, 0.717) is 18.3 Å². The Labute approximate surface area is 166 Å². The lowest BCUT2D eigenvalue weighted by Crippen LogP contribution is -2.21. The van der Waals surface area contributed by atoms with Gasteiger partial charge in [0, 0.05) is 30.3 Å². The van der Waals surface area contributed by atoms with Crippen LogP contribution >= 0.6 is 11.8 Å². The number of thioether (sulfide) groups is 1. The number of unbranched alkanes of at least 4 members (excludes halogenated alkanes) is 5. The fourth-order valence-electron chi connectivity index (χ4n) is 2.33. The molecule has 0 saturated heterocycles. The van der Waals surface area contributed by atoms with Gasteiger partial charge in [0.25, 0.3) is 11.4 Å². The number of carbonyl (C=O) groups excluding carboxylic acids is 2. The Bertz CT molecular complexity index is 719. The van der Waals surface area contributed by atoms with E-state index in [1.54, 1.807) is 0 Å². The van der Waals surface area contributed by atoms with E-state index in [-0.39, 0.29) is 11.5 Å². The molecule has 28 heavy (non-hydrogen) atoms. The standard InChI is InChI=1S/C18H23N3O6S/c1-2-3-4-5-6-7-9-19-17(22)8-10-28-18(23)14-11-15(20(24)25)13-16(12-14)21(26)27/h8,10-13H,2-7,9H2,1H3,(H,19,22). The fourth-order valence-corrected chi connectivity index (χ4v) is 2.89. The van der Waals surface area contributed by atoms with Crippen molar-refractivity contribution in [1.29, 1.82) is 0 Å². The number of nitrogens with zero attached hydrogens (tertiary/aromatic N) is 2. The highest BCUT2D eigenvalue weighted by Crippen LogP contribution is 2.25. The summed E-state index contributed by atoms with van der Waals surface area (Å²) >= 11 is 0.626. The zero-order chi connectivity index (χ0) is 20.9. The van der Waals surface area contributed by atoms with Crippen LogP contribution in [0.4, 0.5) is 11.4 Å². The van der Waals surface area contributed by atoms with Crippen LogP contribution in [-0.4, -0.2) is 27.4 Å². The van der Waals surface area contributed by atoms with Crippen LogP contribution < -0.4 is 5.32 Å². The van der Waals surface area contributed by atoms with Gasteiger partial charge in [0.05, 0.1) is 15.9 Å². The van der Waals surface area contributed by atoms with Crippen LogP contribution in [0.1, 0.15) is 55.8 Å². The Balaban J connectivity index is 2.49. The third kappa shape index (κ3) is 8.76. The van der Waals surface area contributed by atoms with Crippen LogP contribution in [0.15, 0.2) is 29.7 Å². The molecule has 152 valence electrons. The Kier molecular flexibility index (Phi) is 10.5.